The Morgan fingerprint density at radius 1 is 1.75 bits per heavy atom. The molecular formula is C7H4BrN3O. The van der Waals surface area contributed by atoms with Crippen molar-refractivity contribution in [3.63, 3.8) is 0 Å². The molecule has 12 heavy (non-hydrogen) atoms. The Bertz CT molecular complexity index is 369. The van der Waals surface area contributed by atoms with Crippen molar-refractivity contribution >= 4 is 21.6 Å². The number of nitriles is 1. The van der Waals surface area contributed by atoms with Crippen LogP contribution in [0.15, 0.2) is 16.9 Å². The van der Waals surface area contributed by atoms with Crippen LogP contribution in [0.3, 0.4) is 0 Å². The Balaban J connectivity index is 3.28. The van der Waals surface area contributed by atoms with E-state index in [4.69, 9.17) is 10.7 Å². The summed E-state index contributed by atoms with van der Waals surface area (Å²) in [4.78, 5) is 3.72. The minimum atomic E-state index is -0.282. The zero-order chi connectivity index (χ0) is 9.14. The van der Waals surface area contributed by atoms with Gasteiger partial charge in [0.05, 0.1) is 5.56 Å². The molecule has 0 aliphatic heterocycles. The topological polar surface area (TPSA) is 80.8 Å². The van der Waals surface area contributed by atoms with Gasteiger partial charge in [-0.1, -0.05) is 0 Å². The van der Waals surface area contributed by atoms with E-state index in [1.807, 2.05) is 0 Å². The van der Waals surface area contributed by atoms with Gasteiger partial charge in [0.1, 0.15) is 16.4 Å². The highest BCUT2D eigenvalue weighted by Gasteiger charge is 2.09. The molecule has 60 valence electrons. The lowest BCUT2D eigenvalue weighted by Gasteiger charge is -2.00. The molecule has 0 aliphatic carbocycles. The molecule has 0 spiro atoms. The largest absolute Gasteiger partial charge is 0.504 e. The Morgan fingerprint density at radius 3 is 3.00 bits per heavy atom. The average molecular weight is 226 g/mol. The third-order valence-corrected chi connectivity index (χ3v) is 1.84. The molecule has 0 saturated carbocycles. The van der Waals surface area contributed by atoms with E-state index < -0.39 is 0 Å². The van der Waals surface area contributed by atoms with Crippen LogP contribution in [0.2, 0.25) is 0 Å². The molecule has 0 unspecified atom stereocenters. The number of pyridine rings is 1. The number of rotatable bonds is 1. The molecule has 0 aliphatic rings. The van der Waals surface area contributed by atoms with Gasteiger partial charge in [-0.3, -0.25) is 5.41 Å². The molecule has 1 aromatic rings. The van der Waals surface area contributed by atoms with Gasteiger partial charge in [-0.2, -0.15) is 5.26 Å². The Labute approximate surface area is 77.1 Å². The predicted octanol–water partition coefficient (Wildman–Crippen LogP) is 1.44. The predicted molar refractivity (Wildman–Crippen MR) is 46.0 cm³/mol. The fraction of sp³-hybridized carbons (Fsp3) is 0. The van der Waals surface area contributed by atoms with Crippen LogP contribution in [-0.2, 0) is 0 Å². The molecule has 0 bridgehead atoms. The first-order valence-electron chi connectivity index (χ1n) is 2.99. The van der Waals surface area contributed by atoms with Gasteiger partial charge in [0, 0.05) is 6.20 Å². The fourth-order valence-electron chi connectivity index (χ4n) is 0.690. The number of nitrogens with one attached hydrogen (secondary N) is 1. The normalized spacial score (nSPS) is 9.00. The highest BCUT2D eigenvalue weighted by atomic mass is 79.9. The monoisotopic (exact) mass is 225 g/mol. The molecule has 0 saturated heterocycles. The maximum Gasteiger partial charge on any atom is 0.158 e. The number of aromatic hydroxyl groups is 1. The van der Waals surface area contributed by atoms with Crippen molar-refractivity contribution < 1.29 is 5.11 Å². The van der Waals surface area contributed by atoms with Crippen molar-refractivity contribution in [3.05, 3.63) is 22.4 Å². The molecule has 5 heteroatoms. The smallest absolute Gasteiger partial charge is 0.158 e. The van der Waals surface area contributed by atoms with Crippen LogP contribution in [0.25, 0.3) is 0 Å². The first-order chi connectivity index (χ1) is 5.66. The van der Waals surface area contributed by atoms with E-state index in [1.165, 1.54) is 12.3 Å². The van der Waals surface area contributed by atoms with Gasteiger partial charge < -0.3 is 5.11 Å². The Morgan fingerprint density at radius 2 is 2.42 bits per heavy atom. The minimum absolute atomic E-state index is 0.177. The zero-order valence-electron chi connectivity index (χ0n) is 5.87. The number of nitrogens with zero attached hydrogens (tertiary/aromatic N) is 2. The summed E-state index contributed by atoms with van der Waals surface area (Å²) in [5.41, 5.74) is -0.102. The lowest BCUT2D eigenvalue weighted by atomic mass is 10.2. The van der Waals surface area contributed by atoms with Crippen molar-refractivity contribution in [2.75, 3.05) is 0 Å². The summed E-state index contributed by atoms with van der Waals surface area (Å²) in [7, 11) is 0. The molecule has 0 radical (unpaired) electrons. The van der Waals surface area contributed by atoms with Crippen LogP contribution in [0.4, 0.5) is 0 Å². The van der Waals surface area contributed by atoms with Crippen LogP contribution in [0.5, 0.6) is 5.75 Å². The molecule has 1 heterocycles. The average Bonchev–Trinajstić information content (AvgIpc) is 2.08. The summed E-state index contributed by atoms with van der Waals surface area (Å²) < 4.78 is 0.236. The molecule has 2 N–H and O–H groups in total. The SMILES string of the molecule is N#CC(=N)c1ccnc(Br)c1O. The number of hydrogen-bond donors (Lipinski definition) is 2. The lowest BCUT2D eigenvalue weighted by molar-refractivity contribution is 0.467. The van der Waals surface area contributed by atoms with Crippen LogP contribution in [-0.4, -0.2) is 15.8 Å². The van der Waals surface area contributed by atoms with E-state index >= 15 is 0 Å². The van der Waals surface area contributed by atoms with E-state index in [9.17, 15) is 5.11 Å². The van der Waals surface area contributed by atoms with Crippen molar-refractivity contribution in [1.29, 1.82) is 10.7 Å². The molecule has 0 fully saturated rings. The highest BCUT2D eigenvalue weighted by molar-refractivity contribution is 9.10. The van der Waals surface area contributed by atoms with E-state index in [1.54, 1.807) is 6.07 Å². The second-order valence-corrected chi connectivity index (χ2v) is 2.74. The van der Waals surface area contributed by atoms with Gasteiger partial charge in [-0.25, -0.2) is 4.98 Å². The van der Waals surface area contributed by atoms with E-state index in [-0.39, 0.29) is 21.6 Å². The molecule has 4 nitrogen and oxygen atoms in total. The first kappa shape index (κ1) is 8.68. The van der Waals surface area contributed by atoms with Gasteiger partial charge in [0.25, 0.3) is 0 Å². The quantitative estimate of drug-likeness (QED) is 0.561. The Hall–Kier alpha value is -1.41. The van der Waals surface area contributed by atoms with Crippen LogP contribution in [0.1, 0.15) is 5.56 Å². The van der Waals surface area contributed by atoms with Crippen LogP contribution >= 0.6 is 15.9 Å². The minimum Gasteiger partial charge on any atom is -0.504 e. The summed E-state index contributed by atoms with van der Waals surface area (Å²) in [5, 5.41) is 24.8. The second kappa shape index (κ2) is 3.32. The van der Waals surface area contributed by atoms with Gasteiger partial charge in [0.2, 0.25) is 0 Å². The molecule has 1 aromatic heterocycles. The summed E-state index contributed by atoms with van der Waals surface area (Å²) in [6.45, 7) is 0. The first-order valence-corrected chi connectivity index (χ1v) is 3.78. The third-order valence-electron chi connectivity index (χ3n) is 1.26. The van der Waals surface area contributed by atoms with Crippen LogP contribution < -0.4 is 0 Å². The standard InChI is InChI=1S/C7H4BrN3O/c8-7-6(12)4(1-2-11-7)5(10)3-9/h1-2,10,12H. The number of aromatic nitrogens is 1. The van der Waals surface area contributed by atoms with E-state index in [2.05, 4.69) is 20.9 Å². The van der Waals surface area contributed by atoms with Crippen molar-refractivity contribution in [3.8, 4) is 11.8 Å². The number of halogens is 1. The summed E-state index contributed by atoms with van der Waals surface area (Å²) >= 11 is 2.98. The number of hydrogen-bond acceptors (Lipinski definition) is 4. The maximum absolute atomic E-state index is 9.30. The highest BCUT2D eigenvalue weighted by Crippen LogP contribution is 2.24. The lowest BCUT2D eigenvalue weighted by Crippen LogP contribution is -1.96. The zero-order valence-corrected chi connectivity index (χ0v) is 7.46. The Kier molecular flexibility index (Phi) is 2.41. The van der Waals surface area contributed by atoms with E-state index in [0.717, 1.165) is 0 Å². The van der Waals surface area contributed by atoms with Crippen molar-refractivity contribution in [1.82, 2.24) is 4.98 Å². The molecule has 0 amide bonds. The van der Waals surface area contributed by atoms with Gasteiger partial charge in [-0.15, -0.1) is 0 Å². The van der Waals surface area contributed by atoms with E-state index in [0.29, 0.717) is 0 Å². The summed E-state index contributed by atoms with van der Waals surface area (Å²) in [6.07, 6.45) is 1.41. The maximum atomic E-state index is 9.30. The molecule has 0 aromatic carbocycles. The summed E-state index contributed by atoms with van der Waals surface area (Å²) in [5.74, 6) is -0.177. The molecule has 1 rings (SSSR count). The molecule has 0 atom stereocenters. The second-order valence-electron chi connectivity index (χ2n) is 1.98. The molecular weight excluding hydrogens is 222 g/mol. The van der Waals surface area contributed by atoms with Crippen LogP contribution in [0, 0.1) is 16.7 Å². The van der Waals surface area contributed by atoms with Gasteiger partial charge in [0.15, 0.2) is 5.75 Å². The van der Waals surface area contributed by atoms with Crippen molar-refractivity contribution in [2.24, 2.45) is 0 Å². The summed E-state index contributed by atoms with van der Waals surface area (Å²) in [6, 6.07) is 3.03. The van der Waals surface area contributed by atoms with Gasteiger partial charge in [-0.05, 0) is 22.0 Å². The van der Waals surface area contributed by atoms with Crippen molar-refractivity contribution in [2.45, 2.75) is 0 Å². The third kappa shape index (κ3) is 1.43. The fourth-order valence-corrected chi connectivity index (χ4v) is 1.02. The van der Waals surface area contributed by atoms with Gasteiger partial charge >= 0.3 is 0 Å².